The number of urea groups is 1. The Kier molecular flexibility index (Phi) is 6.98. The van der Waals surface area contributed by atoms with Gasteiger partial charge in [-0.25, -0.2) is 4.79 Å². The Morgan fingerprint density at radius 2 is 1.76 bits per heavy atom. The van der Waals surface area contributed by atoms with Crippen molar-refractivity contribution in [1.82, 2.24) is 10.6 Å². The maximum Gasteiger partial charge on any atom is 0.321 e. The van der Waals surface area contributed by atoms with Gasteiger partial charge in [0.2, 0.25) is 0 Å². The van der Waals surface area contributed by atoms with E-state index in [1.54, 1.807) is 7.11 Å². The summed E-state index contributed by atoms with van der Waals surface area (Å²) in [6.07, 6.45) is 0.806. The number of rotatable bonds is 7. The number of imide groups is 1. The highest BCUT2D eigenvalue weighted by Crippen LogP contribution is 2.12. The van der Waals surface area contributed by atoms with Gasteiger partial charge in [-0.1, -0.05) is 42.5 Å². The standard InChI is InChI=1S/C19H23N3O3/c1-20-19(24)22-18(23)17(15-6-4-3-5-7-15)21-13-12-14-8-10-16(25-2)11-9-14/h3-11,17,21H,12-13H2,1-2H3,(H2,20,22,23,24)/p+1/t17-/m0/s1. The van der Waals surface area contributed by atoms with Crippen molar-refractivity contribution in [1.29, 1.82) is 0 Å². The highest BCUT2D eigenvalue weighted by molar-refractivity contribution is 5.96. The maximum atomic E-state index is 12.4. The fourth-order valence-electron chi connectivity index (χ4n) is 2.52. The highest BCUT2D eigenvalue weighted by Gasteiger charge is 2.25. The van der Waals surface area contributed by atoms with E-state index < -0.39 is 12.1 Å². The van der Waals surface area contributed by atoms with E-state index in [0.29, 0.717) is 6.54 Å². The predicted octanol–water partition coefficient (Wildman–Crippen LogP) is 0.998. The van der Waals surface area contributed by atoms with Gasteiger partial charge in [0.1, 0.15) is 5.75 Å². The second-order valence-electron chi connectivity index (χ2n) is 5.58. The molecule has 4 N–H and O–H groups in total. The average Bonchev–Trinajstić information content (AvgIpc) is 2.66. The minimum absolute atomic E-state index is 0.333. The van der Waals surface area contributed by atoms with Crippen LogP contribution in [0.15, 0.2) is 54.6 Å². The van der Waals surface area contributed by atoms with Gasteiger partial charge in [0, 0.05) is 19.0 Å². The van der Waals surface area contributed by atoms with Crippen molar-refractivity contribution in [3.05, 3.63) is 65.7 Å². The highest BCUT2D eigenvalue weighted by atomic mass is 16.5. The van der Waals surface area contributed by atoms with E-state index in [-0.39, 0.29) is 5.91 Å². The van der Waals surface area contributed by atoms with Gasteiger partial charge in [0.25, 0.3) is 5.91 Å². The summed E-state index contributed by atoms with van der Waals surface area (Å²) in [5.74, 6) is 0.486. The first-order chi connectivity index (χ1) is 12.1. The lowest BCUT2D eigenvalue weighted by Crippen LogP contribution is -2.88. The molecule has 3 amide bonds. The Labute approximate surface area is 147 Å². The second kappa shape index (κ2) is 9.44. The molecule has 0 aliphatic carbocycles. The molecule has 0 saturated carbocycles. The topological polar surface area (TPSA) is 84.0 Å². The third-order valence-corrected chi connectivity index (χ3v) is 3.90. The van der Waals surface area contributed by atoms with Crippen molar-refractivity contribution in [3.63, 3.8) is 0 Å². The zero-order valence-electron chi connectivity index (χ0n) is 14.5. The van der Waals surface area contributed by atoms with Crippen molar-refractivity contribution in [3.8, 4) is 5.75 Å². The normalized spacial score (nSPS) is 11.4. The van der Waals surface area contributed by atoms with Gasteiger partial charge >= 0.3 is 6.03 Å². The minimum Gasteiger partial charge on any atom is -0.497 e. The molecule has 0 aliphatic heterocycles. The van der Waals surface area contributed by atoms with Crippen LogP contribution in [0.5, 0.6) is 5.75 Å². The minimum atomic E-state index is -0.505. The van der Waals surface area contributed by atoms with Crippen LogP contribution >= 0.6 is 0 Å². The largest absolute Gasteiger partial charge is 0.497 e. The Morgan fingerprint density at radius 1 is 1.08 bits per heavy atom. The molecular formula is C19H24N3O3+. The van der Waals surface area contributed by atoms with Gasteiger partial charge in [-0.2, -0.15) is 0 Å². The van der Waals surface area contributed by atoms with Crippen molar-refractivity contribution in [2.75, 3.05) is 20.7 Å². The van der Waals surface area contributed by atoms with E-state index in [9.17, 15) is 9.59 Å². The maximum absolute atomic E-state index is 12.4. The van der Waals surface area contributed by atoms with Crippen LogP contribution in [0.1, 0.15) is 17.2 Å². The quantitative estimate of drug-likeness (QED) is 0.702. The molecule has 0 bridgehead atoms. The Balaban J connectivity index is 2.00. The summed E-state index contributed by atoms with van der Waals surface area (Å²) in [6, 6.07) is 16.3. The summed E-state index contributed by atoms with van der Waals surface area (Å²) in [5, 5.41) is 6.70. The van der Waals surface area contributed by atoms with Crippen LogP contribution in [0.25, 0.3) is 0 Å². The predicted molar refractivity (Wildman–Crippen MR) is 95.3 cm³/mol. The smallest absolute Gasteiger partial charge is 0.321 e. The van der Waals surface area contributed by atoms with Gasteiger partial charge in [0.15, 0.2) is 6.04 Å². The van der Waals surface area contributed by atoms with Crippen LogP contribution in [0.3, 0.4) is 0 Å². The number of carbonyl (C=O) groups excluding carboxylic acids is 2. The van der Waals surface area contributed by atoms with Gasteiger partial charge in [-0.05, 0) is 17.7 Å². The van der Waals surface area contributed by atoms with Crippen LogP contribution in [0, 0.1) is 0 Å². The molecule has 0 spiro atoms. The third kappa shape index (κ3) is 5.61. The van der Waals surface area contributed by atoms with E-state index in [0.717, 1.165) is 23.3 Å². The number of ether oxygens (including phenoxy) is 1. The van der Waals surface area contributed by atoms with Gasteiger partial charge in [0.05, 0.1) is 13.7 Å². The first-order valence-electron chi connectivity index (χ1n) is 8.18. The SMILES string of the molecule is CNC(=O)NC(=O)[C@@H]([NH2+]CCc1ccc(OC)cc1)c1ccccc1. The van der Waals surface area contributed by atoms with Gasteiger partial charge < -0.3 is 15.4 Å². The molecule has 6 nitrogen and oxygen atoms in total. The van der Waals surface area contributed by atoms with Crippen molar-refractivity contribution < 1.29 is 19.6 Å². The molecule has 0 radical (unpaired) electrons. The summed E-state index contributed by atoms with van der Waals surface area (Å²) >= 11 is 0. The van der Waals surface area contributed by atoms with Crippen LogP contribution < -0.4 is 20.7 Å². The molecule has 0 aliphatic rings. The number of hydrogen-bond donors (Lipinski definition) is 3. The zero-order valence-corrected chi connectivity index (χ0v) is 14.5. The molecule has 6 heteroatoms. The number of nitrogens with two attached hydrogens (primary N) is 1. The first-order valence-corrected chi connectivity index (χ1v) is 8.18. The summed E-state index contributed by atoms with van der Waals surface area (Å²) in [7, 11) is 3.12. The van der Waals surface area contributed by atoms with E-state index >= 15 is 0 Å². The van der Waals surface area contributed by atoms with E-state index in [1.807, 2.05) is 59.9 Å². The van der Waals surface area contributed by atoms with Crippen molar-refractivity contribution in [2.24, 2.45) is 0 Å². The molecular weight excluding hydrogens is 318 g/mol. The summed E-state index contributed by atoms with van der Waals surface area (Å²) in [4.78, 5) is 23.9. The molecule has 25 heavy (non-hydrogen) atoms. The number of quaternary nitrogens is 1. The van der Waals surface area contributed by atoms with Crippen LogP contribution in [0.4, 0.5) is 4.79 Å². The lowest BCUT2D eigenvalue weighted by Gasteiger charge is -2.15. The Morgan fingerprint density at radius 3 is 2.36 bits per heavy atom. The lowest BCUT2D eigenvalue weighted by atomic mass is 10.1. The molecule has 0 saturated heterocycles. The molecule has 0 aromatic heterocycles. The van der Waals surface area contributed by atoms with E-state index in [2.05, 4.69) is 10.6 Å². The monoisotopic (exact) mass is 342 g/mol. The van der Waals surface area contributed by atoms with Crippen molar-refractivity contribution >= 4 is 11.9 Å². The third-order valence-electron chi connectivity index (χ3n) is 3.90. The second-order valence-corrected chi connectivity index (χ2v) is 5.58. The van der Waals surface area contributed by atoms with Gasteiger partial charge in [-0.15, -0.1) is 0 Å². The Bertz CT molecular complexity index is 687. The number of methoxy groups -OCH3 is 1. The van der Waals surface area contributed by atoms with Crippen LogP contribution in [-0.2, 0) is 11.2 Å². The average molecular weight is 342 g/mol. The number of carbonyl (C=O) groups is 2. The molecule has 1 atom stereocenters. The first kappa shape index (κ1) is 18.5. The number of benzene rings is 2. The van der Waals surface area contributed by atoms with Gasteiger partial charge in [-0.3, -0.25) is 10.1 Å². The molecule has 2 aromatic carbocycles. The Hall–Kier alpha value is -2.86. The fraction of sp³-hybridized carbons (Fsp3) is 0.263. The van der Waals surface area contributed by atoms with E-state index in [4.69, 9.17) is 4.74 Å². The summed E-state index contributed by atoms with van der Waals surface area (Å²) in [6.45, 7) is 0.715. The van der Waals surface area contributed by atoms with Crippen molar-refractivity contribution in [2.45, 2.75) is 12.5 Å². The zero-order chi connectivity index (χ0) is 18.1. The summed E-state index contributed by atoms with van der Waals surface area (Å²) in [5.41, 5.74) is 2.02. The van der Waals surface area contributed by atoms with Crippen LogP contribution in [0.2, 0.25) is 0 Å². The molecule has 132 valence electrons. The van der Waals surface area contributed by atoms with E-state index in [1.165, 1.54) is 7.05 Å². The molecule has 0 fully saturated rings. The lowest BCUT2D eigenvalue weighted by molar-refractivity contribution is -0.682. The molecule has 0 heterocycles. The fourth-order valence-corrected chi connectivity index (χ4v) is 2.52. The van der Waals surface area contributed by atoms with Crippen LogP contribution in [-0.4, -0.2) is 32.6 Å². The molecule has 2 rings (SSSR count). The molecule has 2 aromatic rings. The summed E-state index contributed by atoms with van der Waals surface area (Å²) < 4.78 is 5.15. The number of hydrogen-bond acceptors (Lipinski definition) is 3. The molecule has 0 unspecified atom stereocenters. The number of nitrogens with one attached hydrogen (secondary N) is 2. The number of amides is 3.